The third-order valence-corrected chi connectivity index (χ3v) is 5.60. The van der Waals surface area contributed by atoms with E-state index in [1.807, 2.05) is 20.8 Å². The van der Waals surface area contributed by atoms with Gasteiger partial charge in [-0.05, 0) is 17.3 Å². The first-order chi connectivity index (χ1) is 21.1. The molecular weight excluding hydrogens is 574 g/mol. The minimum Gasteiger partial charge on any atom is -0.379 e. The van der Waals surface area contributed by atoms with Crippen LogP contribution < -0.4 is 5.32 Å². The molecule has 0 heterocycles. The second kappa shape index (κ2) is 30.7. The molecule has 0 spiro atoms. The number of hydrogen-bond acceptors (Lipinski definition) is 11. The molecule has 0 atom stereocenters. The van der Waals surface area contributed by atoms with Crippen molar-refractivity contribution in [2.24, 2.45) is 10.8 Å². The molecule has 0 saturated carbocycles. The molecule has 0 radical (unpaired) electrons. The molecule has 0 rings (SSSR count). The number of rotatable bonds is 33. The number of amides is 1. The summed E-state index contributed by atoms with van der Waals surface area (Å²) in [5.41, 5.74) is 0.295. The zero-order chi connectivity index (χ0) is 32.6. The Kier molecular flexibility index (Phi) is 30.1. The number of carbonyl (C=O) groups is 1. The molecule has 0 aliphatic rings. The fourth-order valence-electron chi connectivity index (χ4n) is 3.27. The molecule has 0 aromatic carbocycles. The Balaban J connectivity index is 3.11. The molecule has 0 aliphatic heterocycles. The number of hydrogen-bond donors (Lipinski definition) is 1. The van der Waals surface area contributed by atoms with Crippen molar-refractivity contribution in [2.75, 3.05) is 139 Å². The molecule has 0 aliphatic carbocycles. The fourth-order valence-corrected chi connectivity index (χ4v) is 3.27. The van der Waals surface area contributed by atoms with Crippen molar-refractivity contribution in [2.45, 2.75) is 54.4 Å². The first-order valence-electron chi connectivity index (χ1n) is 16.1. The summed E-state index contributed by atoms with van der Waals surface area (Å²) in [7, 11) is 0. The van der Waals surface area contributed by atoms with E-state index in [4.69, 9.17) is 47.4 Å². The third kappa shape index (κ3) is 39.1. The molecule has 0 aromatic rings. The van der Waals surface area contributed by atoms with E-state index in [-0.39, 0.29) is 11.3 Å². The molecule has 0 aromatic heterocycles. The number of ether oxygens (including phenoxy) is 10. The van der Waals surface area contributed by atoms with Crippen molar-refractivity contribution in [3.8, 4) is 0 Å². The first kappa shape index (κ1) is 43.1. The van der Waals surface area contributed by atoms with Crippen LogP contribution in [0.5, 0.6) is 0 Å². The molecule has 44 heavy (non-hydrogen) atoms. The van der Waals surface area contributed by atoms with Crippen LogP contribution in [0.2, 0.25) is 0 Å². The average Bonchev–Trinajstić information content (AvgIpc) is 2.94. The van der Waals surface area contributed by atoms with Crippen molar-refractivity contribution in [3.05, 3.63) is 0 Å². The van der Waals surface area contributed by atoms with Gasteiger partial charge in [0.25, 0.3) is 0 Å². The maximum absolute atomic E-state index is 11.7. The van der Waals surface area contributed by atoms with Crippen molar-refractivity contribution >= 4 is 5.91 Å². The maximum Gasteiger partial charge on any atom is 0.220 e. The minimum atomic E-state index is -0.00853. The molecule has 0 saturated heterocycles. The standard InChI is InChI=1S/C32H65NO11/c1-31(2,3)7-9-35-11-13-37-15-17-39-19-21-41-23-25-43-27-28-44-26-24-42-22-20-40-18-16-38-14-12-36-10-8-33-30(34)29-32(4,5)6/h7-29H2,1-6H3,(H,33,34). The van der Waals surface area contributed by atoms with E-state index in [1.54, 1.807) is 0 Å². The van der Waals surface area contributed by atoms with Gasteiger partial charge in [0.1, 0.15) is 0 Å². The lowest BCUT2D eigenvalue weighted by Gasteiger charge is -2.17. The minimum absolute atomic E-state index is 0.00853. The molecule has 0 fully saturated rings. The lowest BCUT2D eigenvalue weighted by molar-refractivity contribution is -0.123. The Labute approximate surface area is 267 Å². The van der Waals surface area contributed by atoms with Gasteiger partial charge in [0.05, 0.1) is 126 Å². The van der Waals surface area contributed by atoms with Crippen LogP contribution in [0.15, 0.2) is 0 Å². The highest BCUT2D eigenvalue weighted by Crippen LogP contribution is 2.18. The van der Waals surface area contributed by atoms with E-state index in [0.29, 0.717) is 144 Å². The maximum atomic E-state index is 11.7. The summed E-state index contributed by atoms with van der Waals surface area (Å²) >= 11 is 0. The van der Waals surface area contributed by atoms with Crippen molar-refractivity contribution < 1.29 is 52.2 Å². The monoisotopic (exact) mass is 639 g/mol. The molecule has 0 unspecified atom stereocenters. The second-order valence-corrected chi connectivity index (χ2v) is 12.5. The van der Waals surface area contributed by atoms with Crippen LogP contribution in [-0.4, -0.2) is 145 Å². The second-order valence-electron chi connectivity index (χ2n) is 12.5. The Morgan fingerprint density at radius 2 is 0.636 bits per heavy atom. The Morgan fingerprint density at radius 1 is 0.386 bits per heavy atom. The predicted molar refractivity (Wildman–Crippen MR) is 169 cm³/mol. The van der Waals surface area contributed by atoms with Crippen LogP contribution in [0.25, 0.3) is 0 Å². The van der Waals surface area contributed by atoms with Gasteiger partial charge in [-0.2, -0.15) is 0 Å². The van der Waals surface area contributed by atoms with Crippen LogP contribution in [0.3, 0.4) is 0 Å². The summed E-state index contributed by atoms with van der Waals surface area (Å²) in [6.45, 7) is 23.9. The molecule has 1 N–H and O–H groups in total. The summed E-state index contributed by atoms with van der Waals surface area (Å²) in [5, 5.41) is 2.85. The molecule has 264 valence electrons. The molecule has 12 nitrogen and oxygen atoms in total. The Morgan fingerprint density at radius 3 is 0.886 bits per heavy atom. The first-order valence-corrected chi connectivity index (χ1v) is 16.1. The topological polar surface area (TPSA) is 121 Å². The van der Waals surface area contributed by atoms with E-state index in [9.17, 15) is 4.79 Å². The van der Waals surface area contributed by atoms with Crippen molar-refractivity contribution in [1.29, 1.82) is 0 Å². The van der Waals surface area contributed by atoms with E-state index in [1.165, 1.54) is 0 Å². The summed E-state index contributed by atoms with van der Waals surface area (Å²) in [4.78, 5) is 11.7. The SMILES string of the molecule is CC(C)(C)CCOCCOCCOCCOCCOCCOCCOCCOCCOCCOCCNC(=O)CC(C)(C)C. The zero-order valence-electron chi connectivity index (χ0n) is 28.8. The summed E-state index contributed by atoms with van der Waals surface area (Å²) in [6, 6.07) is 0. The van der Waals surface area contributed by atoms with Gasteiger partial charge in [0.15, 0.2) is 0 Å². The van der Waals surface area contributed by atoms with Crippen molar-refractivity contribution in [1.82, 2.24) is 5.32 Å². The lowest BCUT2D eigenvalue weighted by atomic mass is 9.92. The van der Waals surface area contributed by atoms with Gasteiger partial charge in [-0.15, -0.1) is 0 Å². The molecular formula is C32H65NO11. The van der Waals surface area contributed by atoms with Crippen LogP contribution >= 0.6 is 0 Å². The lowest BCUT2D eigenvalue weighted by Crippen LogP contribution is -2.30. The van der Waals surface area contributed by atoms with E-state index in [0.717, 1.165) is 13.0 Å². The molecule has 1 amide bonds. The zero-order valence-corrected chi connectivity index (χ0v) is 28.8. The highest BCUT2D eigenvalue weighted by atomic mass is 16.6. The highest BCUT2D eigenvalue weighted by molar-refractivity contribution is 5.76. The smallest absolute Gasteiger partial charge is 0.220 e. The van der Waals surface area contributed by atoms with Gasteiger partial charge >= 0.3 is 0 Å². The van der Waals surface area contributed by atoms with Gasteiger partial charge in [-0.3, -0.25) is 4.79 Å². The Bertz CT molecular complexity index is 612. The summed E-state index contributed by atoms with van der Waals surface area (Å²) in [5.74, 6) is 0.0500. The van der Waals surface area contributed by atoms with Gasteiger partial charge in [0, 0.05) is 19.6 Å². The summed E-state index contributed by atoms with van der Waals surface area (Å²) < 4.78 is 54.8. The van der Waals surface area contributed by atoms with Crippen LogP contribution in [0.1, 0.15) is 54.4 Å². The summed E-state index contributed by atoms with van der Waals surface area (Å²) in [6.07, 6.45) is 1.55. The number of carbonyl (C=O) groups excluding carboxylic acids is 1. The molecule has 0 bridgehead atoms. The van der Waals surface area contributed by atoms with Gasteiger partial charge in [-0.25, -0.2) is 0 Å². The third-order valence-electron chi connectivity index (χ3n) is 5.60. The van der Waals surface area contributed by atoms with Gasteiger partial charge < -0.3 is 52.7 Å². The van der Waals surface area contributed by atoms with Gasteiger partial charge in [-0.1, -0.05) is 41.5 Å². The predicted octanol–water partition coefficient (Wildman–Crippen LogP) is 3.14. The van der Waals surface area contributed by atoms with E-state index in [2.05, 4.69) is 26.1 Å². The van der Waals surface area contributed by atoms with Crippen LogP contribution in [0, 0.1) is 10.8 Å². The number of nitrogens with one attached hydrogen (secondary N) is 1. The normalized spacial score (nSPS) is 12.2. The average molecular weight is 640 g/mol. The quantitative estimate of drug-likeness (QED) is 0.107. The largest absolute Gasteiger partial charge is 0.379 e. The van der Waals surface area contributed by atoms with Crippen LogP contribution in [0.4, 0.5) is 0 Å². The van der Waals surface area contributed by atoms with Crippen molar-refractivity contribution in [3.63, 3.8) is 0 Å². The highest BCUT2D eigenvalue weighted by Gasteiger charge is 2.15. The Hall–Kier alpha value is -0.930. The van der Waals surface area contributed by atoms with Gasteiger partial charge in [0.2, 0.25) is 5.91 Å². The van der Waals surface area contributed by atoms with E-state index >= 15 is 0 Å². The van der Waals surface area contributed by atoms with E-state index < -0.39 is 0 Å². The fraction of sp³-hybridized carbons (Fsp3) is 0.969. The van der Waals surface area contributed by atoms with Crippen LogP contribution in [-0.2, 0) is 52.2 Å². The molecule has 12 heteroatoms.